The first-order valence-corrected chi connectivity index (χ1v) is 11.2. The SMILES string of the molecule is CCOC(=O)N1CCC(NC(=NCC(=O)N(C)C)N2CC3CCCCC3C2)CC1.I. The Morgan fingerprint density at radius 2 is 1.63 bits per heavy atom. The number of likely N-dealkylation sites (tertiary alicyclic amines) is 2. The maximum Gasteiger partial charge on any atom is 0.409 e. The molecule has 0 aromatic carbocycles. The lowest BCUT2D eigenvalue weighted by Gasteiger charge is -2.34. The fourth-order valence-corrected chi connectivity index (χ4v) is 4.70. The molecule has 0 aromatic heterocycles. The highest BCUT2D eigenvalue weighted by molar-refractivity contribution is 14.0. The van der Waals surface area contributed by atoms with Gasteiger partial charge in [0, 0.05) is 46.3 Å². The Balaban J connectivity index is 0.00000320. The number of likely N-dealkylation sites (N-methyl/N-ethyl adjacent to an activating group) is 1. The first kappa shape index (κ1) is 25.0. The van der Waals surface area contributed by atoms with E-state index in [9.17, 15) is 9.59 Å². The number of ether oxygens (including phenoxy) is 1. The summed E-state index contributed by atoms with van der Waals surface area (Å²) in [5, 5.41) is 3.62. The van der Waals surface area contributed by atoms with Gasteiger partial charge >= 0.3 is 6.09 Å². The Kier molecular flexibility index (Phi) is 9.96. The van der Waals surface area contributed by atoms with Crippen LogP contribution in [0.3, 0.4) is 0 Å². The summed E-state index contributed by atoms with van der Waals surface area (Å²) in [6, 6.07) is 0.261. The van der Waals surface area contributed by atoms with Crippen molar-refractivity contribution in [2.75, 3.05) is 53.4 Å². The summed E-state index contributed by atoms with van der Waals surface area (Å²) in [7, 11) is 3.53. The second-order valence-electron chi connectivity index (χ2n) is 8.74. The normalized spacial score (nSPS) is 24.7. The second-order valence-corrected chi connectivity index (χ2v) is 8.74. The number of piperidine rings is 1. The van der Waals surface area contributed by atoms with E-state index in [2.05, 4.69) is 10.2 Å². The molecule has 9 heteroatoms. The molecule has 0 bridgehead atoms. The molecule has 1 saturated carbocycles. The summed E-state index contributed by atoms with van der Waals surface area (Å²) >= 11 is 0. The van der Waals surface area contributed by atoms with Crippen LogP contribution in [0.1, 0.15) is 45.4 Å². The molecule has 8 nitrogen and oxygen atoms in total. The van der Waals surface area contributed by atoms with E-state index in [1.54, 1.807) is 23.9 Å². The zero-order valence-corrected chi connectivity index (χ0v) is 21.0. The van der Waals surface area contributed by atoms with Gasteiger partial charge in [0.1, 0.15) is 6.54 Å². The number of guanidine groups is 1. The molecule has 2 atom stereocenters. The van der Waals surface area contributed by atoms with E-state index in [1.807, 2.05) is 6.92 Å². The highest BCUT2D eigenvalue weighted by Crippen LogP contribution is 2.36. The van der Waals surface area contributed by atoms with Gasteiger partial charge in [-0.3, -0.25) is 4.79 Å². The van der Waals surface area contributed by atoms with Crippen molar-refractivity contribution in [3.63, 3.8) is 0 Å². The molecule has 2 amide bonds. The molecule has 2 heterocycles. The molecule has 2 aliphatic heterocycles. The topological polar surface area (TPSA) is 77.5 Å². The first-order chi connectivity index (χ1) is 14.0. The van der Waals surface area contributed by atoms with Crippen LogP contribution in [-0.2, 0) is 9.53 Å². The third kappa shape index (κ3) is 6.62. The molecule has 1 N–H and O–H groups in total. The van der Waals surface area contributed by atoms with Crippen LogP contribution in [0.25, 0.3) is 0 Å². The third-order valence-electron chi connectivity index (χ3n) is 6.49. The lowest BCUT2D eigenvalue weighted by atomic mass is 9.82. The summed E-state index contributed by atoms with van der Waals surface area (Å²) in [6.45, 7) is 5.85. The number of aliphatic imine (C=N–C) groups is 1. The minimum Gasteiger partial charge on any atom is -0.450 e. The maximum atomic E-state index is 12.1. The third-order valence-corrected chi connectivity index (χ3v) is 6.49. The monoisotopic (exact) mass is 535 g/mol. The van der Waals surface area contributed by atoms with Gasteiger partial charge in [0.2, 0.25) is 5.91 Å². The minimum atomic E-state index is -0.222. The van der Waals surface area contributed by atoms with E-state index < -0.39 is 0 Å². The lowest BCUT2D eigenvalue weighted by molar-refractivity contribution is -0.127. The molecule has 1 aliphatic carbocycles. The van der Waals surface area contributed by atoms with E-state index in [0.717, 1.165) is 43.7 Å². The fraction of sp³-hybridized carbons (Fsp3) is 0.857. The molecule has 3 aliphatic rings. The van der Waals surface area contributed by atoms with Crippen LogP contribution in [0.5, 0.6) is 0 Å². The van der Waals surface area contributed by atoms with Crippen molar-refractivity contribution in [2.45, 2.75) is 51.5 Å². The van der Waals surface area contributed by atoms with Crippen LogP contribution in [0.2, 0.25) is 0 Å². The first-order valence-electron chi connectivity index (χ1n) is 11.2. The summed E-state index contributed by atoms with van der Waals surface area (Å²) < 4.78 is 5.11. The molecule has 2 saturated heterocycles. The van der Waals surface area contributed by atoms with Gasteiger partial charge in [-0.15, -0.1) is 24.0 Å². The smallest absolute Gasteiger partial charge is 0.409 e. The molecule has 2 unspecified atom stereocenters. The van der Waals surface area contributed by atoms with E-state index in [0.29, 0.717) is 19.7 Å². The minimum absolute atomic E-state index is 0. The Bertz CT molecular complexity index is 593. The van der Waals surface area contributed by atoms with Crippen LogP contribution in [0.15, 0.2) is 4.99 Å². The average molecular weight is 535 g/mol. The van der Waals surface area contributed by atoms with Gasteiger partial charge in [-0.1, -0.05) is 12.8 Å². The average Bonchev–Trinajstić information content (AvgIpc) is 3.15. The number of carbonyl (C=O) groups excluding carboxylic acids is 2. The van der Waals surface area contributed by atoms with Crippen LogP contribution >= 0.6 is 24.0 Å². The molecule has 172 valence electrons. The summed E-state index contributed by atoms with van der Waals surface area (Å²) in [6.07, 6.45) is 6.78. The van der Waals surface area contributed by atoms with Crippen LogP contribution in [0, 0.1) is 11.8 Å². The Morgan fingerprint density at radius 3 is 2.17 bits per heavy atom. The van der Waals surface area contributed by atoms with Crippen LogP contribution in [-0.4, -0.2) is 92.1 Å². The predicted octanol–water partition coefficient (Wildman–Crippen LogP) is 2.38. The Labute approximate surface area is 197 Å². The number of halogens is 1. The van der Waals surface area contributed by atoms with Crippen molar-refractivity contribution in [3.05, 3.63) is 0 Å². The highest BCUT2D eigenvalue weighted by atomic mass is 127. The molecule has 3 fully saturated rings. The molecular weight excluding hydrogens is 497 g/mol. The summed E-state index contributed by atoms with van der Waals surface area (Å²) in [5.41, 5.74) is 0. The summed E-state index contributed by atoms with van der Waals surface area (Å²) in [4.78, 5) is 34.5. The van der Waals surface area contributed by atoms with Crippen molar-refractivity contribution in [2.24, 2.45) is 16.8 Å². The van der Waals surface area contributed by atoms with Gasteiger partial charge in [-0.2, -0.15) is 0 Å². The lowest BCUT2D eigenvalue weighted by Crippen LogP contribution is -2.51. The Hall–Kier alpha value is -1.26. The van der Waals surface area contributed by atoms with Gasteiger partial charge < -0.3 is 24.8 Å². The zero-order chi connectivity index (χ0) is 20.8. The zero-order valence-electron chi connectivity index (χ0n) is 18.6. The number of carbonyl (C=O) groups is 2. The van der Waals surface area contributed by atoms with E-state index in [-0.39, 0.29) is 48.6 Å². The van der Waals surface area contributed by atoms with Crippen molar-refractivity contribution in [3.8, 4) is 0 Å². The van der Waals surface area contributed by atoms with Crippen LogP contribution < -0.4 is 5.32 Å². The Morgan fingerprint density at radius 1 is 1.03 bits per heavy atom. The molecule has 0 aromatic rings. The molecule has 3 rings (SSSR count). The van der Waals surface area contributed by atoms with Gasteiger partial charge in [-0.05, 0) is 44.4 Å². The largest absolute Gasteiger partial charge is 0.450 e. The van der Waals surface area contributed by atoms with Crippen molar-refractivity contribution < 1.29 is 14.3 Å². The van der Waals surface area contributed by atoms with E-state index >= 15 is 0 Å². The van der Waals surface area contributed by atoms with Crippen molar-refractivity contribution >= 4 is 41.9 Å². The molecule has 0 spiro atoms. The number of hydrogen-bond donors (Lipinski definition) is 1. The van der Waals surface area contributed by atoms with Gasteiger partial charge in [0.15, 0.2) is 5.96 Å². The number of nitrogens with one attached hydrogen (secondary N) is 1. The fourth-order valence-electron chi connectivity index (χ4n) is 4.70. The number of rotatable bonds is 4. The molecule has 30 heavy (non-hydrogen) atoms. The van der Waals surface area contributed by atoms with Crippen LogP contribution in [0.4, 0.5) is 4.79 Å². The number of amides is 2. The number of nitrogens with zero attached hydrogens (tertiary/aromatic N) is 4. The second kappa shape index (κ2) is 12.0. The number of hydrogen-bond acceptors (Lipinski definition) is 4. The highest BCUT2D eigenvalue weighted by Gasteiger charge is 2.36. The summed E-state index contributed by atoms with van der Waals surface area (Å²) in [5.74, 6) is 2.39. The van der Waals surface area contributed by atoms with Crippen molar-refractivity contribution in [1.29, 1.82) is 0 Å². The molecule has 0 radical (unpaired) electrons. The standard InChI is InChI=1S/C21H37N5O3.HI/c1-4-29-21(28)25-11-9-18(10-12-25)23-20(22-13-19(27)24(2)3)26-14-16-7-5-6-8-17(16)15-26;/h16-18H,4-15H2,1-3H3,(H,22,23);1H. The molecular formula is C21H38IN5O3. The van der Waals surface area contributed by atoms with E-state index in [4.69, 9.17) is 9.73 Å². The quantitative estimate of drug-likeness (QED) is 0.340. The van der Waals surface area contributed by atoms with Gasteiger partial charge in [-0.25, -0.2) is 9.79 Å². The number of fused-ring (bicyclic) bond motifs is 1. The van der Waals surface area contributed by atoms with E-state index in [1.165, 1.54) is 25.7 Å². The van der Waals surface area contributed by atoms with Gasteiger partial charge in [0.25, 0.3) is 0 Å². The van der Waals surface area contributed by atoms with Gasteiger partial charge in [0.05, 0.1) is 6.61 Å². The van der Waals surface area contributed by atoms with Crippen molar-refractivity contribution in [1.82, 2.24) is 20.0 Å². The maximum absolute atomic E-state index is 12.1. The predicted molar refractivity (Wildman–Crippen MR) is 128 cm³/mol.